The molecule has 1 amide bonds. The summed E-state index contributed by atoms with van der Waals surface area (Å²) >= 11 is 0. The molecule has 8 nitrogen and oxygen atoms in total. The minimum absolute atomic E-state index is 0.00823. The maximum absolute atomic E-state index is 12.1. The van der Waals surface area contributed by atoms with Crippen molar-refractivity contribution in [2.24, 2.45) is 11.5 Å². The molecule has 1 atom stereocenters. The smallest absolute Gasteiger partial charge is 0.305 e. The van der Waals surface area contributed by atoms with Crippen LogP contribution in [-0.4, -0.2) is 42.4 Å². The highest BCUT2D eigenvalue weighted by atomic mass is 16.5. The third-order valence-corrected chi connectivity index (χ3v) is 7.01. The third-order valence-electron chi connectivity index (χ3n) is 7.01. The second kappa shape index (κ2) is 20.7. The van der Waals surface area contributed by atoms with Crippen LogP contribution in [0, 0.1) is 5.41 Å². The van der Waals surface area contributed by atoms with Gasteiger partial charge in [0.1, 0.15) is 12.4 Å². The molecule has 1 aromatic rings. The van der Waals surface area contributed by atoms with Crippen LogP contribution in [0.25, 0.3) is 0 Å². The number of amides is 1. The molecular weight excluding hydrogens is 466 g/mol. The largest absolute Gasteiger partial charge is 0.464 e. The van der Waals surface area contributed by atoms with Gasteiger partial charge >= 0.3 is 5.97 Å². The fourth-order valence-corrected chi connectivity index (χ4v) is 4.60. The molecule has 1 aromatic heterocycles. The summed E-state index contributed by atoms with van der Waals surface area (Å²) in [6.45, 7) is 2.57. The average molecular weight is 520 g/mol. The van der Waals surface area contributed by atoms with Crippen LogP contribution < -0.4 is 16.8 Å². The molecule has 0 spiro atoms. The number of amidine groups is 1. The molecule has 0 aliphatic heterocycles. The van der Waals surface area contributed by atoms with Crippen molar-refractivity contribution in [1.82, 2.24) is 10.3 Å². The first kappa shape index (κ1) is 32.7. The van der Waals surface area contributed by atoms with Crippen LogP contribution in [0.3, 0.4) is 0 Å². The Bertz CT molecular complexity index is 746. The Hall–Kier alpha value is -2.35. The van der Waals surface area contributed by atoms with Gasteiger partial charge < -0.3 is 26.5 Å². The number of unbranched alkanes of at least 4 members (excludes halogenated alkanes) is 14. The monoisotopic (exact) mass is 519 g/mol. The van der Waals surface area contributed by atoms with E-state index < -0.39 is 5.91 Å². The molecular formula is C29H53N5O3. The highest BCUT2D eigenvalue weighted by Crippen LogP contribution is 2.15. The second-order valence-corrected chi connectivity index (χ2v) is 10.3. The Balaban J connectivity index is 2.05. The van der Waals surface area contributed by atoms with Gasteiger partial charge in [-0.05, 0) is 32.4 Å². The topological polar surface area (TPSA) is 147 Å². The Labute approximate surface area is 224 Å². The number of nitrogens with one attached hydrogen (secondary N) is 3. The Morgan fingerprint density at radius 1 is 0.919 bits per heavy atom. The van der Waals surface area contributed by atoms with E-state index in [1.165, 1.54) is 83.5 Å². The van der Waals surface area contributed by atoms with Crippen molar-refractivity contribution in [2.45, 2.75) is 129 Å². The lowest BCUT2D eigenvalue weighted by Gasteiger charge is -2.16. The van der Waals surface area contributed by atoms with Gasteiger partial charge in [-0.3, -0.25) is 15.0 Å². The van der Waals surface area contributed by atoms with Crippen molar-refractivity contribution in [1.29, 1.82) is 5.41 Å². The molecule has 7 N–H and O–H groups in total. The molecule has 0 bridgehead atoms. The maximum Gasteiger partial charge on any atom is 0.305 e. The number of hydrogen-bond donors (Lipinski definition) is 5. The van der Waals surface area contributed by atoms with Crippen LogP contribution in [0.1, 0.15) is 138 Å². The molecule has 8 heteroatoms. The number of aromatic nitrogens is 1. The van der Waals surface area contributed by atoms with Crippen LogP contribution in [-0.2, 0) is 16.0 Å². The minimum atomic E-state index is -0.620. The predicted octanol–water partition coefficient (Wildman–Crippen LogP) is 5.72. The minimum Gasteiger partial charge on any atom is -0.464 e. The van der Waals surface area contributed by atoms with Crippen LogP contribution in [0.4, 0.5) is 0 Å². The summed E-state index contributed by atoms with van der Waals surface area (Å²) in [6, 6.07) is 1.62. The lowest BCUT2D eigenvalue weighted by atomic mass is 10.0. The van der Waals surface area contributed by atoms with Gasteiger partial charge in [-0.2, -0.15) is 0 Å². The van der Waals surface area contributed by atoms with Crippen LogP contribution in [0.5, 0.6) is 0 Å². The number of rotatable bonds is 24. The second-order valence-electron chi connectivity index (χ2n) is 10.3. The maximum atomic E-state index is 12.1. The van der Waals surface area contributed by atoms with Crippen molar-refractivity contribution in [2.75, 3.05) is 13.7 Å². The van der Waals surface area contributed by atoms with E-state index in [1.807, 2.05) is 7.05 Å². The normalized spacial score (nSPS) is 11.9. The van der Waals surface area contributed by atoms with Crippen molar-refractivity contribution >= 4 is 17.7 Å². The molecule has 1 unspecified atom stereocenters. The molecule has 0 saturated heterocycles. The number of nitrogen functional groups attached to an aromatic ring is 1. The van der Waals surface area contributed by atoms with Crippen molar-refractivity contribution in [3.05, 3.63) is 23.0 Å². The molecule has 212 valence electrons. The Morgan fingerprint density at radius 2 is 1.43 bits per heavy atom. The highest BCUT2D eigenvalue weighted by Gasteiger charge is 2.16. The van der Waals surface area contributed by atoms with Gasteiger partial charge in [0.2, 0.25) is 0 Å². The van der Waals surface area contributed by atoms with E-state index in [1.54, 1.807) is 6.07 Å². The van der Waals surface area contributed by atoms with E-state index >= 15 is 0 Å². The number of aromatic amines is 1. The lowest BCUT2D eigenvalue weighted by Crippen LogP contribution is -2.32. The molecule has 0 radical (unpaired) electrons. The number of nitrogens with two attached hydrogens (primary N) is 2. The number of likely N-dealkylation sites (N-methyl/N-ethyl adjacent to an activating group) is 1. The summed E-state index contributed by atoms with van der Waals surface area (Å²) in [5.41, 5.74) is 12.1. The zero-order valence-corrected chi connectivity index (χ0v) is 23.5. The number of H-pyrrole nitrogens is 1. The van der Waals surface area contributed by atoms with Crippen LogP contribution >= 0.6 is 0 Å². The van der Waals surface area contributed by atoms with Crippen molar-refractivity contribution < 1.29 is 14.3 Å². The Morgan fingerprint density at radius 3 is 1.86 bits per heavy atom. The zero-order valence-electron chi connectivity index (χ0n) is 23.5. The van der Waals surface area contributed by atoms with Gasteiger partial charge in [-0.15, -0.1) is 0 Å². The van der Waals surface area contributed by atoms with Crippen molar-refractivity contribution in [3.8, 4) is 0 Å². The van der Waals surface area contributed by atoms with E-state index in [4.69, 9.17) is 21.6 Å². The zero-order chi connectivity index (χ0) is 27.3. The number of carbonyl (C=O) groups is 2. The molecule has 37 heavy (non-hydrogen) atoms. The van der Waals surface area contributed by atoms with Gasteiger partial charge in [-0.1, -0.05) is 96.8 Å². The number of esters is 1. The molecule has 0 aromatic carbocycles. The van der Waals surface area contributed by atoms with Crippen LogP contribution in [0.2, 0.25) is 0 Å². The first-order chi connectivity index (χ1) is 17.9. The summed E-state index contributed by atoms with van der Waals surface area (Å²) in [5, 5.41) is 10.7. The summed E-state index contributed by atoms with van der Waals surface area (Å²) in [4.78, 5) is 26.7. The van der Waals surface area contributed by atoms with Gasteiger partial charge in [0.25, 0.3) is 5.91 Å². The average Bonchev–Trinajstić information content (AvgIpc) is 3.31. The molecule has 0 aliphatic carbocycles. The fourth-order valence-electron chi connectivity index (χ4n) is 4.60. The first-order valence-electron chi connectivity index (χ1n) is 14.6. The fraction of sp³-hybridized carbons (Fsp3) is 0.759. The van der Waals surface area contributed by atoms with Gasteiger partial charge in [0.15, 0.2) is 0 Å². The van der Waals surface area contributed by atoms with Gasteiger partial charge in [0.05, 0.1) is 11.3 Å². The molecule has 1 heterocycles. The molecule has 0 fully saturated rings. The predicted molar refractivity (Wildman–Crippen MR) is 152 cm³/mol. The Kier molecular flexibility index (Phi) is 18.3. The summed E-state index contributed by atoms with van der Waals surface area (Å²) in [6.07, 6.45) is 21.3. The number of carbonyl (C=O) groups excluding carboxylic acids is 2. The molecule has 1 rings (SSSR count). The molecule has 0 aliphatic rings. The first-order valence-corrected chi connectivity index (χ1v) is 14.6. The number of hydrogen-bond acceptors (Lipinski definition) is 5. The number of ether oxygens (including phenoxy) is 1. The number of primary amides is 1. The van der Waals surface area contributed by atoms with Crippen LogP contribution in [0.15, 0.2) is 6.07 Å². The summed E-state index contributed by atoms with van der Waals surface area (Å²) in [7, 11) is 1.83. The van der Waals surface area contributed by atoms with E-state index in [-0.39, 0.29) is 29.1 Å². The SMILES string of the molecule is CCCCCCCCCCCCCCCCCC(=O)OCC(CCc1cc(C(N)=O)c(C(=N)N)[nH]1)NC. The summed E-state index contributed by atoms with van der Waals surface area (Å²) in [5.74, 6) is -0.992. The van der Waals surface area contributed by atoms with E-state index in [0.29, 0.717) is 25.9 Å². The third kappa shape index (κ3) is 15.5. The number of aryl methyl sites for hydroxylation is 1. The lowest BCUT2D eigenvalue weighted by molar-refractivity contribution is -0.144. The molecule has 0 saturated carbocycles. The van der Waals surface area contributed by atoms with E-state index in [2.05, 4.69) is 17.2 Å². The van der Waals surface area contributed by atoms with E-state index in [0.717, 1.165) is 18.5 Å². The highest BCUT2D eigenvalue weighted by molar-refractivity contribution is 6.06. The van der Waals surface area contributed by atoms with Gasteiger partial charge in [-0.25, -0.2) is 0 Å². The standard InChI is InChI=1S/C29H53N5O3/c1-3-4-5-6-7-8-9-10-11-12-13-14-15-16-17-18-26(35)37-22-24(33-2)20-19-23-21-25(29(32)36)27(34-23)28(30)31/h21,24,33-34H,3-20,22H2,1-2H3,(H3,30,31)(H2,32,36). The summed E-state index contributed by atoms with van der Waals surface area (Å²) < 4.78 is 5.47. The van der Waals surface area contributed by atoms with Crippen molar-refractivity contribution in [3.63, 3.8) is 0 Å². The van der Waals surface area contributed by atoms with E-state index in [9.17, 15) is 9.59 Å². The quantitative estimate of drug-likeness (QED) is 0.0512. The van der Waals surface area contributed by atoms with Gasteiger partial charge in [0, 0.05) is 18.2 Å².